The highest BCUT2D eigenvalue weighted by Crippen LogP contribution is 2.25. The van der Waals surface area contributed by atoms with E-state index < -0.39 is 5.82 Å². The normalized spacial score (nSPS) is 12.2. The summed E-state index contributed by atoms with van der Waals surface area (Å²) < 4.78 is 13.4. The van der Waals surface area contributed by atoms with Crippen molar-refractivity contribution in [1.82, 2.24) is 0 Å². The summed E-state index contributed by atoms with van der Waals surface area (Å²) in [4.78, 5) is 0. The van der Waals surface area contributed by atoms with Gasteiger partial charge in [0.05, 0.1) is 11.1 Å². The van der Waals surface area contributed by atoms with E-state index >= 15 is 0 Å². The lowest BCUT2D eigenvalue weighted by Crippen LogP contribution is -2.09. The summed E-state index contributed by atoms with van der Waals surface area (Å²) in [6.07, 6.45) is 0.924. The van der Waals surface area contributed by atoms with Crippen LogP contribution in [0.5, 0.6) is 0 Å². The van der Waals surface area contributed by atoms with Crippen LogP contribution in [0.4, 0.5) is 10.1 Å². The quantitative estimate of drug-likeness (QED) is 0.794. The maximum atomic E-state index is 13.4. The fraction of sp³-hybridized carbons (Fsp3) is 0.250. The zero-order valence-corrected chi connectivity index (χ0v) is 11.8. The van der Waals surface area contributed by atoms with E-state index in [4.69, 9.17) is 11.6 Å². The highest BCUT2D eigenvalue weighted by atomic mass is 35.5. The third-order valence-electron chi connectivity index (χ3n) is 3.15. The Hall–Kier alpha value is -1.54. The van der Waals surface area contributed by atoms with Crippen molar-refractivity contribution in [2.75, 3.05) is 5.32 Å². The van der Waals surface area contributed by atoms with Gasteiger partial charge in [-0.15, -0.1) is 0 Å². The number of nitrogens with one attached hydrogen (secondary N) is 1. The third-order valence-corrected chi connectivity index (χ3v) is 3.45. The Kier molecular flexibility index (Phi) is 4.43. The topological polar surface area (TPSA) is 12.0 Å². The molecule has 1 atom stereocenters. The lowest BCUT2D eigenvalue weighted by Gasteiger charge is -2.19. The molecule has 0 aliphatic rings. The minimum Gasteiger partial charge on any atom is -0.378 e. The summed E-state index contributed by atoms with van der Waals surface area (Å²) in [6.45, 7) is 4.16. The lowest BCUT2D eigenvalue weighted by atomic mass is 10.0. The molecule has 0 aromatic heterocycles. The van der Waals surface area contributed by atoms with E-state index in [1.807, 2.05) is 0 Å². The Bertz CT molecular complexity index is 551. The van der Waals surface area contributed by atoms with Gasteiger partial charge >= 0.3 is 0 Å². The predicted molar refractivity (Wildman–Crippen MR) is 79.2 cm³/mol. The van der Waals surface area contributed by atoms with Crippen molar-refractivity contribution in [3.05, 3.63) is 64.4 Å². The van der Waals surface area contributed by atoms with Crippen molar-refractivity contribution in [1.29, 1.82) is 0 Å². The van der Waals surface area contributed by atoms with E-state index in [0.717, 1.165) is 12.1 Å². The average Bonchev–Trinajstić information content (AvgIpc) is 2.41. The summed E-state index contributed by atoms with van der Waals surface area (Å²) >= 11 is 5.68. The number of halogens is 2. The van der Waals surface area contributed by atoms with Crippen LogP contribution < -0.4 is 5.32 Å². The smallest absolute Gasteiger partial charge is 0.143 e. The van der Waals surface area contributed by atoms with Crippen LogP contribution in [-0.2, 0) is 0 Å². The number of hydrogen-bond donors (Lipinski definition) is 1. The van der Waals surface area contributed by atoms with Crippen molar-refractivity contribution < 1.29 is 4.39 Å². The molecule has 0 amide bonds. The monoisotopic (exact) mass is 277 g/mol. The molecule has 0 heterocycles. The van der Waals surface area contributed by atoms with Crippen LogP contribution in [0.3, 0.4) is 0 Å². The SMILES string of the molecule is CCC(Nc1ccc(Cl)c(F)c1)c1ccc(C)cc1. The van der Waals surface area contributed by atoms with E-state index in [-0.39, 0.29) is 11.1 Å². The van der Waals surface area contributed by atoms with Gasteiger partial charge in [0.2, 0.25) is 0 Å². The molecule has 2 aromatic carbocycles. The fourth-order valence-electron chi connectivity index (χ4n) is 2.01. The summed E-state index contributed by atoms with van der Waals surface area (Å²) in [5.41, 5.74) is 3.17. The molecule has 100 valence electrons. The molecule has 2 aromatic rings. The van der Waals surface area contributed by atoms with Crippen LogP contribution in [0.15, 0.2) is 42.5 Å². The molecule has 0 spiro atoms. The minimum absolute atomic E-state index is 0.147. The van der Waals surface area contributed by atoms with Gasteiger partial charge in [-0.05, 0) is 37.1 Å². The Morgan fingerprint density at radius 2 is 1.84 bits per heavy atom. The summed E-state index contributed by atoms with van der Waals surface area (Å²) in [6, 6.07) is 13.3. The summed E-state index contributed by atoms with van der Waals surface area (Å²) in [5.74, 6) is -0.398. The van der Waals surface area contributed by atoms with Gasteiger partial charge in [0, 0.05) is 5.69 Å². The van der Waals surface area contributed by atoms with Gasteiger partial charge in [-0.1, -0.05) is 48.4 Å². The minimum atomic E-state index is -0.398. The molecule has 1 N–H and O–H groups in total. The molecule has 2 rings (SSSR count). The first kappa shape index (κ1) is 13.9. The number of rotatable bonds is 4. The Morgan fingerprint density at radius 1 is 1.16 bits per heavy atom. The van der Waals surface area contributed by atoms with E-state index in [0.29, 0.717) is 0 Å². The molecular formula is C16H17ClFN. The van der Waals surface area contributed by atoms with E-state index in [2.05, 4.69) is 43.4 Å². The molecule has 1 nitrogen and oxygen atoms in total. The van der Waals surface area contributed by atoms with Gasteiger partial charge in [0.25, 0.3) is 0 Å². The summed E-state index contributed by atoms with van der Waals surface area (Å²) in [5, 5.41) is 3.48. The Balaban J connectivity index is 2.18. The van der Waals surface area contributed by atoms with Crippen molar-refractivity contribution in [2.24, 2.45) is 0 Å². The van der Waals surface area contributed by atoms with Crippen LogP contribution in [0.2, 0.25) is 5.02 Å². The van der Waals surface area contributed by atoms with Gasteiger partial charge in [-0.25, -0.2) is 4.39 Å². The van der Waals surface area contributed by atoms with E-state index in [1.165, 1.54) is 17.2 Å². The van der Waals surface area contributed by atoms with Gasteiger partial charge in [0.1, 0.15) is 5.82 Å². The fourth-order valence-corrected chi connectivity index (χ4v) is 2.12. The highest BCUT2D eigenvalue weighted by Gasteiger charge is 2.10. The molecule has 0 bridgehead atoms. The maximum Gasteiger partial charge on any atom is 0.143 e. The molecule has 0 aliphatic heterocycles. The first-order valence-corrected chi connectivity index (χ1v) is 6.76. The van der Waals surface area contributed by atoms with Gasteiger partial charge in [-0.3, -0.25) is 0 Å². The van der Waals surface area contributed by atoms with Gasteiger partial charge in [0.15, 0.2) is 0 Å². The van der Waals surface area contributed by atoms with Crippen LogP contribution in [0.1, 0.15) is 30.5 Å². The first-order chi connectivity index (χ1) is 9.10. The lowest BCUT2D eigenvalue weighted by molar-refractivity contribution is 0.628. The molecule has 3 heteroatoms. The van der Waals surface area contributed by atoms with Crippen LogP contribution >= 0.6 is 11.6 Å². The second-order valence-electron chi connectivity index (χ2n) is 4.64. The van der Waals surface area contributed by atoms with E-state index in [1.54, 1.807) is 12.1 Å². The number of hydrogen-bond acceptors (Lipinski definition) is 1. The van der Waals surface area contributed by atoms with Crippen LogP contribution in [0.25, 0.3) is 0 Å². The average molecular weight is 278 g/mol. The number of anilines is 1. The predicted octanol–water partition coefficient (Wildman–Crippen LogP) is 5.35. The molecule has 0 saturated heterocycles. The molecule has 0 fully saturated rings. The molecular weight excluding hydrogens is 261 g/mol. The summed E-state index contributed by atoms with van der Waals surface area (Å²) in [7, 11) is 0. The molecule has 1 unspecified atom stereocenters. The molecule has 0 radical (unpaired) electrons. The molecule has 19 heavy (non-hydrogen) atoms. The second-order valence-corrected chi connectivity index (χ2v) is 5.05. The zero-order valence-electron chi connectivity index (χ0n) is 11.1. The molecule has 0 aliphatic carbocycles. The zero-order chi connectivity index (χ0) is 13.8. The van der Waals surface area contributed by atoms with Crippen molar-refractivity contribution >= 4 is 17.3 Å². The number of aryl methyl sites for hydroxylation is 1. The van der Waals surface area contributed by atoms with Crippen LogP contribution in [-0.4, -0.2) is 0 Å². The van der Waals surface area contributed by atoms with Gasteiger partial charge < -0.3 is 5.32 Å². The van der Waals surface area contributed by atoms with Crippen molar-refractivity contribution in [2.45, 2.75) is 26.3 Å². The van der Waals surface area contributed by atoms with Crippen molar-refractivity contribution in [3.63, 3.8) is 0 Å². The Labute approximate surface area is 118 Å². The second kappa shape index (κ2) is 6.07. The first-order valence-electron chi connectivity index (χ1n) is 6.38. The standard InChI is InChI=1S/C16H17ClFN/c1-3-16(12-6-4-11(2)5-7-12)19-13-8-9-14(17)15(18)10-13/h4-10,16,19H,3H2,1-2H3. The van der Waals surface area contributed by atoms with Crippen LogP contribution in [0, 0.1) is 12.7 Å². The van der Waals surface area contributed by atoms with Crippen molar-refractivity contribution in [3.8, 4) is 0 Å². The third kappa shape index (κ3) is 3.48. The molecule has 0 saturated carbocycles. The number of benzene rings is 2. The highest BCUT2D eigenvalue weighted by molar-refractivity contribution is 6.30. The Morgan fingerprint density at radius 3 is 2.42 bits per heavy atom. The maximum absolute atomic E-state index is 13.4. The van der Waals surface area contributed by atoms with E-state index in [9.17, 15) is 4.39 Å². The largest absolute Gasteiger partial charge is 0.378 e. The van der Waals surface area contributed by atoms with Gasteiger partial charge in [-0.2, -0.15) is 0 Å².